The van der Waals surface area contributed by atoms with Gasteiger partial charge < -0.3 is 4.74 Å². The zero-order valence-electron chi connectivity index (χ0n) is 9.27. The van der Waals surface area contributed by atoms with Crippen molar-refractivity contribution in [3.05, 3.63) is 54.1 Å². The Morgan fingerprint density at radius 2 is 2.06 bits per heavy atom. The summed E-state index contributed by atoms with van der Waals surface area (Å²) in [6, 6.07) is 9.58. The van der Waals surface area contributed by atoms with Crippen molar-refractivity contribution >= 4 is 11.5 Å². The summed E-state index contributed by atoms with van der Waals surface area (Å²) in [6.07, 6.45) is 2.43. The van der Waals surface area contributed by atoms with Crippen LogP contribution in [0.25, 0.3) is 5.57 Å². The van der Waals surface area contributed by atoms with Crippen molar-refractivity contribution in [1.82, 2.24) is 0 Å². The molecule has 16 heavy (non-hydrogen) atoms. The Bertz CT molecular complexity index is 443. The second-order valence-corrected chi connectivity index (χ2v) is 4.05. The zero-order valence-corrected chi connectivity index (χ0v) is 9.27. The molecule has 0 bridgehead atoms. The Kier molecular flexibility index (Phi) is 2.91. The number of hydrogen-bond acceptors (Lipinski definition) is 2. The van der Waals surface area contributed by atoms with Gasteiger partial charge in [-0.25, -0.2) is 4.79 Å². The van der Waals surface area contributed by atoms with E-state index in [1.165, 1.54) is 0 Å². The smallest absolute Gasteiger partial charge is 0.339 e. The fourth-order valence-corrected chi connectivity index (χ4v) is 1.76. The van der Waals surface area contributed by atoms with Crippen molar-refractivity contribution in [2.75, 3.05) is 0 Å². The minimum Gasteiger partial charge on any atom is -0.454 e. The highest BCUT2D eigenvalue weighted by molar-refractivity contribution is 6.18. The summed E-state index contributed by atoms with van der Waals surface area (Å²) in [6.45, 7) is 5.75. The molecule has 1 aromatic rings. The van der Waals surface area contributed by atoms with Gasteiger partial charge in [-0.1, -0.05) is 42.5 Å². The molecular formula is C14H14O2. The molecule has 0 spiro atoms. The molecule has 1 aliphatic heterocycles. The monoisotopic (exact) mass is 214 g/mol. The number of hydrogen-bond donors (Lipinski definition) is 0. The maximum absolute atomic E-state index is 11.6. The largest absolute Gasteiger partial charge is 0.454 e. The van der Waals surface area contributed by atoms with E-state index in [-0.39, 0.29) is 12.1 Å². The van der Waals surface area contributed by atoms with Gasteiger partial charge in [-0.3, -0.25) is 0 Å². The molecular weight excluding hydrogens is 200 g/mol. The van der Waals surface area contributed by atoms with Gasteiger partial charge in [0.2, 0.25) is 0 Å². The Morgan fingerprint density at radius 3 is 2.69 bits per heavy atom. The van der Waals surface area contributed by atoms with Crippen LogP contribution in [0, 0.1) is 0 Å². The highest BCUT2D eigenvalue weighted by Gasteiger charge is 2.25. The number of benzene rings is 1. The van der Waals surface area contributed by atoms with Crippen LogP contribution in [0.1, 0.15) is 18.9 Å². The number of carbonyl (C=O) groups is 1. The van der Waals surface area contributed by atoms with Gasteiger partial charge in [0.1, 0.15) is 6.10 Å². The third-order valence-electron chi connectivity index (χ3n) is 2.47. The lowest BCUT2D eigenvalue weighted by Gasteiger charge is -2.06. The van der Waals surface area contributed by atoms with Crippen molar-refractivity contribution < 1.29 is 9.53 Å². The van der Waals surface area contributed by atoms with Crippen LogP contribution in [0.15, 0.2) is 48.6 Å². The van der Waals surface area contributed by atoms with E-state index in [0.717, 1.165) is 11.1 Å². The second-order valence-electron chi connectivity index (χ2n) is 4.05. The number of ether oxygens (including phenoxy) is 1. The highest BCUT2D eigenvalue weighted by atomic mass is 16.5. The number of rotatable bonds is 3. The maximum atomic E-state index is 11.6. The first kappa shape index (κ1) is 10.7. The van der Waals surface area contributed by atoms with E-state index in [1.54, 1.807) is 0 Å². The van der Waals surface area contributed by atoms with Gasteiger partial charge in [-0.15, -0.1) is 0 Å². The van der Waals surface area contributed by atoms with Gasteiger partial charge in [0, 0.05) is 6.42 Å². The standard InChI is InChI=1S/C14H14O2/c1-10(2)8-12-9-13(14(15)16-12)11-6-4-3-5-7-11/h3-7,9,12H,1,8H2,2H3/t12-/m1/s1. The molecule has 0 amide bonds. The Labute approximate surface area is 95.2 Å². The summed E-state index contributed by atoms with van der Waals surface area (Å²) in [4.78, 5) is 11.6. The molecule has 1 aromatic carbocycles. The maximum Gasteiger partial charge on any atom is 0.339 e. The number of cyclic esters (lactones) is 1. The lowest BCUT2D eigenvalue weighted by atomic mass is 10.0. The Balaban J connectivity index is 2.22. The van der Waals surface area contributed by atoms with Gasteiger partial charge in [0.05, 0.1) is 5.57 Å². The van der Waals surface area contributed by atoms with Crippen molar-refractivity contribution in [2.24, 2.45) is 0 Å². The third-order valence-corrected chi connectivity index (χ3v) is 2.47. The lowest BCUT2D eigenvalue weighted by Crippen LogP contribution is -2.08. The van der Waals surface area contributed by atoms with E-state index in [1.807, 2.05) is 43.3 Å². The molecule has 2 rings (SSSR count). The SMILES string of the molecule is C=C(C)C[C@@H]1C=C(c2ccccc2)C(=O)O1. The Hall–Kier alpha value is -1.83. The lowest BCUT2D eigenvalue weighted by molar-refractivity contribution is -0.137. The van der Waals surface area contributed by atoms with Crippen molar-refractivity contribution in [3.8, 4) is 0 Å². The van der Waals surface area contributed by atoms with Crippen LogP contribution >= 0.6 is 0 Å². The van der Waals surface area contributed by atoms with E-state index in [4.69, 9.17) is 4.74 Å². The molecule has 82 valence electrons. The molecule has 0 radical (unpaired) electrons. The third kappa shape index (κ3) is 2.22. The minimum absolute atomic E-state index is 0.153. The fourth-order valence-electron chi connectivity index (χ4n) is 1.76. The van der Waals surface area contributed by atoms with Crippen LogP contribution < -0.4 is 0 Å². The van der Waals surface area contributed by atoms with Crippen LogP contribution in [-0.2, 0) is 9.53 Å². The van der Waals surface area contributed by atoms with E-state index < -0.39 is 0 Å². The molecule has 2 heteroatoms. The van der Waals surface area contributed by atoms with E-state index in [0.29, 0.717) is 12.0 Å². The summed E-state index contributed by atoms with van der Waals surface area (Å²) in [5.41, 5.74) is 2.59. The molecule has 0 aliphatic carbocycles. The van der Waals surface area contributed by atoms with Crippen LogP contribution in [0.4, 0.5) is 0 Å². The van der Waals surface area contributed by atoms with Crippen molar-refractivity contribution in [3.63, 3.8) is 0 Å². The number of esters is 1. The normalized spacial score (nSPS) is 19.2. The van der Waals surface area contributed by atoms with E-state index >= 15 is 0 Å². The topological polar surface area (TPSA) is 26.3 Å². The molecule has 0 aromatic heterocycles. The predicted molar refractivity (Wildman–Crippen MR) is 63.7 cm³/mol. The molecule has 0 saturated carbocycles. The van der Waals surface area contributed by atoms with Gasteiger partial charge in [0.25, 0.3) is 0 Å². The van der Waals surface area contributed by atoms with Crippen LogP contribution in [0.3, 0.4) is 0 Å². The predicted octanol–water partition coefficient (Wildman–Crippen LogP) is 2.96. The first-order valence-corrected chi connectivity index (χ1v) is 5.29. The Morgan fingerprint density at radius 1 is 1.38 bits per heavy atom. The first-order valence-electron chi connectivity index (χ1n) is 5.29. The number of carbonyl (C=O) groups excluding carboxylic acids is 1. The molecule has 1 heterocycles. The molecule has 0 N–H and O–H groups in total. The average molecular weight is 214 g/mol. The van der Waals surface area contributed by atoms with Crippen molar-refractivity contribution in [1.29, 1.82) is 0 Å². The van der Waals surface area contributed by atoms with Crippen LogP contribution in [-0.4, -0.2) is 12.1 Å². The highest BCUT2D eigenvalue weighted by Crippen LogP contribution is 2.26. The molecule has 0 fully saturated rings. The van der Waals surface area contributed by atoms with Crippen LogP contribution in [0.2, 0.25) is 0 Å². The van der Waals surface area contributed by atoms with E-state index in [9.17, 15) is 4.79 Å². The summed E-state index contributed by atoms with van der Waals surface area (Å²) >= 11 is 0. The second kappa shape index (κ2) is 4.35. The molecule has 1 atom stereocenters. The molecule has 2 nitrogen and oxygen atoms in total. The summed E-state index contributed by atoms with van der Waals surface area (Å²) in [7, 11) is 0. The summed E-state index contributed by atoms with van der Waals surface area (Å²) in [5, 5.41) is 0. The first-order chi connectivity index (χ1) is 7.66. The van der Waals surface area contributed by atoms with Gasteiger partial charge in [0.15, 0.2) is 0 Å². The fraction of sp³-hybridized carbons (Fsp3) is 0.214. The van der Waals surface area contributed by atoms with E-state index in [2.05, 4.69) is 6.58 Å². The summed E-state index contributed by atoms with van der Waals surface area (Å²) in [5.74, 6) is -0.238. The van der Waals surface area contributed by atoms with Gasteiger partial charge >= 0.3 is 5.97 Å². The van der Waals surface area contributed by atoms with Gasteiger partial charge in [-0.2, -0.15) is 0 Å². The molecule has 0 saturated heterocycles. The van der Waals surface area contributed by atoms with Crippen molar-refractivity contribution in [2.45, 2.75) is 19.4 Å². The zero-order chi connectivity index (χ0) is 11.5. The minimum atomic E-state index is -0.238. The summed E-state index contributed by atoms with van der Waals surface area (Å²) < 4.78 is 5.25. The molecule has 1 aliphatic rings. The average Bonchev–Trinajstić information content (AvgIpc) is 2.60. The van der Waals surface area contributed by atoms with Gasteiger partial charge in [-0.05, 0) is 18.6 Å². The quantitative estimate of drug-likeness (QED) is 0.571. The van der Waals surface area contributed by atoms with Crippen LogP contribution in [0.5, 0.6) is 0 Å². The molecule has 0 unspecified atom stereocenters.